The van der Waals surface area contributed by atoms with Crippen molar-refractivity contribution in [2.75, 3.05) is 13.7 Å². The molecule has 0 radical (unpaired) electrons. The van der Waals surface area contributed by atoms with E-state index in [0.717, 1.165) is 6.42 Å². The minimum atomic E-state index is -0.510. The fourth-order valence-electron chi connectivity index (χ4n) is 2.19. The summed E-state index contributed by atoms with van der Waals surface area (Å²) in [4.78, 5) is 23.9. The van der Waals surface area contributed by atoms with Crippen molar-refractivity contribution in [2.24, 2.45) is 0 Å². The topological polar surface area (TPSA) is 76.7 Å². The lowest BCUT2D eigenvalue weighted by Crippen LogP contribution is -2.40. The van der Waals surface area contributed by atoms with Gasteiger partial charge in [0.1, 0.15) is 0 Å². The summed E-state index contributed by atoms with van der Waals surface area (Å²) in [7, 11) is 1.51. The molecule has 0 atom stereocenters. The first kappa shape index (κ1) is 21.6. The molecule has 0 fully saturated rings. The Morgan fingerprint density at radius 3 is 2.46 bits per heavy atom. The van der Waals surface area contributed by atoms with Gasteiger partial charge in [0.05, 0.1) is 18.7 Å². The zero-order valence-corrected chi connectivity index (χ0v) is 16.9. The molecule has 0 saturated carbocycles. The van der Waals surface area contributed by atoms with Crippen LogP contribution in [0.25, 0.3) is 6.08 Å². The fourth-order valence-corrected chi connectivity index (χ4v) is 2.59. The van der Waals surface area contributed by atoms with E-state index in [0.29, 0.717) is 39.3 Å². The van der Waals surface area contributed by atoms with Crippen LogP contribution in [0.4, 0.5) is 0 Å². The van der Waals surface area contributed by atoms with Gasteiger partial charge in [-0.2, -0.15) is 0 Å². The van der Waals surface area contributed by atoms with Crippen LogP contribution < -0.4 is 20.3 Å². The third kappa shape index (κ3) is 6.18. The average molecular weight is 423 g/mol. The molecule has 0 heterocycles. The first-order chi connectivity index (χ1) is 13.4. The molecule has 2 rings (SSSR count). The molecule has 0 bridgehead atoms. The summed E-state index contributed by atoms with van der Waals surface area (Å²) < 4.78 is 10.9. The molecule has 2 aromatic carbocycles. The molecule has 0 saturated heterocycles. The number of amides is 2. The van der Waals surface area contributed by atoms with Gasteiger partial charge in [-0.3, -0.25) is 20.4 Å². The summed E-state index contributed by atoms with van der Waals surface area (Å²) in [5, 5.41) is 0.896. The summed E-state index contributed by atoms with van der Waals surface area (Å²) in [6.45, 7) is 2.50. The third-order valence-corrected chi connectivity index (χ3v) is 4.07. The van der Waals surface area contributed by atoms with Gasteiger partial charge in [-0.25, -0.2) is 0 Å². The van der Waals surface area contributed by atoms with Crippen molar-refractivity contribution in [1.82, 2.24) is 10.9 Å². The van der Waals surface area contributed by atoms with Crippen LogP contribution in [-0.4, -0.2) is 25.5 Å². The van der Waals surface area contributed by atoms with Crippen molar-refractivity contribution < 1.29 is 19.1 Å². The maximum Gasteiger partial charge on any atom is 0.269 e. The molecule has 28 heavy (non-hydrogen) atoms. The number of rotatable bonds is 7. The van der Waals surface area contributed by atoms with Gasteiger partial charge in [0, 0.05) is 16.7 Å². The maximum absolute atomic E-state index is 11.9. The van der Waals surface area contributed by atoms with E-state index in [9.17, 15) is 9.59 Å². The number of carbonyl (C=O) groups is 2. The minimum absolute atomic E-state index is 0.368. The third-order valence-electron chi connectivity index (χ3n) is 3.54. The maximum atomic E-state index is 11.9. The number of carbonyl (C=O) groups excluding carboxylic acids is 2. The Balaban J connectivity index is 1.98. The second kappa shape index (κ2) is 10.6. The summed E-state index contributed by atoms with van der Waals surface area (Å²) in [6.07, 6.45) is 3.64. The van der Waals surface area contributed by atoms with Gasteiger partial charge in [-0.05, 0) is 54.5 Å². The number of hydrogen-bond acceptors (Lipinski definition) is 4. The van der Waals surface area contributed by atoms with Gasteiger partial charge in [-0.1, -0.05) is 30.1 Å². The lowest BCUT2D eigenvalue weighted by molar-refractivity contribution is -0.117. The van der Waals surface area contributed by atoms with Crippen LogP contribution in [0.2, 0.25) is 10.0 Å². The molecule has 8 heteroatoms. The number of halogens is 2. The average Bonchev–Trinajstić information content (AvgIpc) is 2.69. The lowest BCUT2D eigenvalue weighted by atomic mass is 10.2. The van der Waals surface area contributed by atoms with Crippen LogP contribution in [0.3, 0.4) is 0 Å². The Morgan fingerprint density at radius 2 is 1.82 bits per heavy atom. The number of hydrazine groups is 1. The van der Waals surface area contributed by atoms with Crippen molar-refractivity contribution in [3.63, 3.8) is 0 Å². The summed E-state index contributed by atoms with van der Waals surface area (Å²) in [5.41, 5.74) is 5.63. The molecular weight excluding hydrogens is 403 g/mol. The van der Waals surface area contributed by atoms with Crippen LogP contribution in [0, 0.1) is 0 Å². The molecule has 2 amide bonds. The van der Waals surface area contributed by atoms with Crippen LogP contribution >= 0.6 is 23.2 Å². The number of nitrogens with one attached hydrogen (secondary N) is 2. The molecule has 0 aliphatic carbocycles. The second-order valence-electron chi connectivity index (χ2n) is 5.67. The highest BCUT2D eigenvalue weighted by atomic mass is 35.5. The van der Waals surface area contributed by atoms with Crippen LogP contribution in [0.1, 0.15) is 29.3 Å². The van der Waals surface area contributed by atoms with E-state index in [2.05, 4.69) is 10.9 Å². The molecule has 2 N–H and O–H groups in total. The highest BCUT2D eigenvalue weighted by Crippen LogP contribution is 2.36. The number of hydrogen-bond donors (Lipinski definition) is 2. The molecule has 0 aromatic heterocycles. The van der Waals surface area contributed by atoms with E-state index in [-0.39, 0.29) is 0 Å². The van der Waals surface area contributed by atoms with Gasteiger partial charge in [0.2, 0.25) is 0 Å². The molecule has 0 unspecified atom stereocenters. The molecule has 148 valence electrons. The van der Waals surface area contributed by atoms with Crippen molar-refractivity contribution >= 4 is 41.1 Å². The number of methoxy groups -OCH3 is 1. The van der Waals surface area contributed by atoms with Gasteiger partial charge in [0.25, 0.3) is 11.8 Å². The predicted molar refractivity (Wildman–Crippen MR) is 110 cm³/mol. The van der Waals surface area contributed by atoms with Crippen molar-refractivity contribution in [1.29, 1.82) is 0 Å². The smallest absolute Gasteiger partial charge is 0.269 e. The summed E-state index contributed by atoms with van der Waals surface area (Å²) in [6, 6.07) is 9.64. The Hall–Kier alpha value is -2.70. The molecule has 0 spiro atoms. The van der Waals surface area contributed by atoms with E-state index in [4.69, 9.17) is 32.7 Å². The van der Waals surface area contributed by atoms with Gasteiger partial charge in [-0.15, -0.1) is 0 Å². The first-order valence-corrected chi connectivity index (χ1v) is 9.24. The quantitative estimate of drug-likeness (QED) is 0.515. The van der Waals surface area contributed by atoms with E-state index in [1.807, 2.05) is 6.92 Å². The number of benzene rings is 2. The molecule has 6 nitrogen and oxygen atoms in total. The Kier molecular flexibility index (Phi) is 8.17. The summed E-state index contributed by atoms with van der Waals surface area (Å²) in [5.74, 6) is -0.0378. The van der Waals surface area contributed by atoms with E-state index in [1.54, 1.807) is 42.5 Å². The zero-order chi connectivity index (χ0) is 20.5. The fraction of sp³-hybridized carbons (Fsp3) is 0.200. The van der Waals surface area contributed by atoms with Crippen molar-refractivity contribution in [3.8, 4) is 11.5 Å². The Bertz CT molecular complexity index is 867. The van der Waals surface area contributed by atoms with Crippen LogP contribution in [-0.2, 0) is 4.79 Å². The van der Waals surface area contributed by atoms with E-state index >= 15 is 0 Å². The summed E-state index contributed by atoms with van der Waals surface area (Å²) >= 11 is 12.0. The Morgan fingerprint density at radius 1 is 1.11 bits per heavy atom. The largest absolute Gasteiger partial charge is 0.493 e. The molecule has 2 aromatic rings. The van der Waals surface area contributed by atoms with E-state index in [1.165, 1.54) is 13.2 Å². The molecule has 0 aliphatic heterocycles. The number of ether oxygens (including phenoxy) is 2. The molecular formula is C20H20Cl2N2O4. The highest BCUT2D eigenvalue weighted by molar-refractivity contribution is 6.32. The van der Waals surface area contributed by atoms with Gasteiger partial charge in [0.15, 0.2) is 11.5 Å². The van der Waals surface area contributed by atoms with Gasteiger partial charge < -0.3 is 9.47 Å². The standard InChI is InChI=1S/C20H20Cl2N2O4/c1-3-10-28-19-16(22)11-13(12-17(19)27-2)4-9-18(25)23-24-20(26)14-5-7-15(21)8-6-14/h4-9,11-12H,3,10H2,1-2H3,(H,23,25)(H,24,26)/b9-4+. The lowest BCUT2D eigenvalue weighted by Gasteiger charge is -2.12. The monoisotopic (exact) mass is 422 g/mol. The van der Waals surface area contributed by atoms with Crippen molar-refractivity contribution in [2.45, 2.75) is 13.3 Å². The van der Waals surface area contributed by atoms with Gasteiger partial charge >= 0.3 is 0 Å². The zero-order valence-electron chi connectivity index (χ0n) is 15.4. The van der Waals surface area contributed by atoms with Crippen molar-refractivity contribution in [3.05, 3.63) is 63.6 Å². The minimum Gasteiger partial charge on any atom is -0.493 e. The molecule has 0 aliphatic rings. The Labute approximate surface area is 173 Å². The predicted octanol–water partition coefficient (Wildman–Crippen LogP) is 4.27. The first-order valence-electron chi connectivity index (χ1n) is 8.49. The van der Waals surface area contributed by atoms with E-state index < -0.39 is 11.8 Å². The normalized spacial score (nSPS) is 10.6. The van der Waals surface area contributed by atoms with Crippen LogP contribution in [0.5, 0.6) is 11.5 Å². The SMILES string of the molecule is CCCOc1c(Cl)cc(/C=C/C(=O)NNC(=O)c2ccc(Cl)cc2)cc1OC. The van der Waals surface area contributed by atoms with Crippen LogP contribution in [0.15, 0.2) is 42.5 Å². The second-order valence-corrected chi connectivity index (χ2v) is 6.51. The highest BCUT2D eigenvalue weighted by Gasteiger charge is 2.11.